The summed E-state index contributed by atoms with van der Waals surface area (Å²) in [5, 5.41) is 0. The Bertz CT molecular complexity index is 791. The molecule has 1 aliphatic carbocycles. The molecule has 3 rings (SSSR count). The summed E-state index contributed by atoms with van der Waals surface area (Å²) in [5.74, 6) is 1.90. The minimum Gasteiger partial charge on any atom is -0.373 e. The van der Waals surface area contributed by atoms with Gasteiger partial charge in [0.05, 0.1) is 13.2 Å². The lowest BCUT2D eigenvalue weighted by Gasteiger charge is -2.28. The fraction of sp³-hybridized carbons (Fsp3) is 0.484. The molecule has 0 aromatic heterocycles. The molecule has 0 radical (unpaired) electrons. The van der Waals surface area contributed by atoms with Crippen LogP contribution in [0.3, 0.4) is 0 Å². The maximum absolute atomic E-state index is 5.52. The van der Waals surface area contributed by atoms with Gasteiger partial charge in [-0.2, -0.15) is 0 Å². The first-order valence-corrected chi connectivity index (χ1v) is 12.7. The van der Waals surface area contributed by atoms with E-state index < -0.39 is 0 Å². The van der Waals surface area contributed by atoms with Crippen LogP contribution in [0.2, 0.25) is 0 Å². The lowest BCUT2D eigenvalue weighted by Crippen LogP contribution is -2.15. The number of hydrogen-bond acceptors (Lipinski definition) is 1. The van der Waals surface area contributed by atoms with Crippen LogP contribution in [0, 0.1) is 11.8 Å². The van der Waals surface area contributed by atoms with Gasteiger partial charge in [0.15, 0.2) is 0 Å². The quantitative estimate of drug-likeness (QED) is 0.228. The number of unbranched alkanes of at least 4 members (excludes halogenated alkanes) is 1. The van der Waals surface area contributed by atoms with Crippen molar-refractivity contribution in [3.63, 3.8) is 0 Å². The topological polar surface area (TPSA) is 9.23 Å². The van der Waals surface area contributed by atoms with Crippen LogP contribution in [-0.2, 0) is 24.2 Å². The van der Waals surface area contributed by atoms with E-state index in [-0.39, 0.29) is 0 Å². The summed E-state index contributed by atoms with van der Waals surface area (Å²) < 4.78 is 5.52. The fourth-order valence-corrected chi connectivity index (χ4v) is 4.99. The summed E-state index contributed by atoms with van der Waals surface area (Å²) in [7, 11) is 0. The molecule has 0 N–H and O–H groups in total. The Labute approximate surface area is 196 Å². The van der Waals surface area contributed by atoms with Gasteiger partial charge in [-0.15, -0.1) is 6.58 Å². The third-order valence-electron chi connectivity index (χ3n) is 7.00. The molecule has 172 valence electrons. The molecular formula is C31H42O. The largest absolute Gasteiger partial charge is 0.373 e. The zero-order valence-electron chi connectivity index (χ0n) is 20.1. The zero-order valence-corrected chi connectivity index (χ0v) is 20.1. The van der Waals surface area contributed by atoms with Crippen LogP contribution in [-0.4, -0.2) is 6.61 Å². The van der Waals surface area contributed by atoms with Gasteiger partial charge in [0.1, 0.15) is 0 Å². The lowest BCUT2D eigenvalue weighted by atomic mass is 9.77. The molecule has 2 aromatic rings. The van der Waals surface area contributed by atoms with Crippen molar-refractivity contribution in [3.8, 4) is 0 Å². The molecule has 32 heavy (non-hydrogen) atoms. The zero-order chi connectivity index (χ0) is 22.4. The minimum absolute atomic E-state index is 0.620. The van der Waals surface area contributed by atoms with Gasteiger partial charge in [-0.05, 0) is 66.7 Å². The molecule has 1 saturated carbocycles. The highest BCUT2D eigenvalue weighted by atomic mass is 16.5. The highest BCUT2D eigenvalue weighted by Crippen LogP contribution is 2.34. The Kier molecular flexibility index (Phi) is 10.8. The van der Waals surface area contributed by atoms with Crippen LogP contribution in [0.5, 0.6) is 0 Å². The smallest absolute Gasteiger partial charge is 0.0721 e. The number of benzene rings is 2. The van der Waals surface area contributed by atoms with Gasteiger partial charge < -0.3 is 4.74 Å². The van der Waals surface area contributed by atoms with Crippen molar-refractivity contribution in [1.82, 2.24) is 0 Å². The average Bonchev–Trinajstić information content (AvgIpc) is 2.83. The van der Waals surface area contributed by atoms with Gasteiger partial charge in [-0.1, -0.05) is 105 Å². The normalized spacial score (nSPS) is 18.8. The average molecular weight is 431 g/mol. The van der Waals surface area contributed by atoms with Gasteiger partial charge in [0.2, 0.25) is 0 Å². The van der Waals surface area contributed by atoms with Gasteiger partial charge in [0, 0.05) is 0 Å². The molecule has 1 aliphatic rings. The summed E-state index contributed by atoms with van der Waals surface area (Å²) in [5.41, 5.74) is 5.51. The maximum Gasteiger partial charge on any atom is 0.0721 e. The highest BCUT2D eigenvalue weighted by Gasteiger charge is 2.20. The first kappa shape index (κ1) is 24.5. The number of allylic oxidation sites excluding steroid dienone is 1. The van der Waals surface area contributed by atoms with E-state index in [1.807, 2.05) is 0 Å². The van der Waals surface area contributed by atoms with E-state index in [4.69, 9.17) is 4.74 Å². The fourth-order valence-electron chi connectivity index (χ4n) is 4.99. The molecule has 1 fully saturated rings. The molecule has 1 nitrogen and oxygen atoms in total. The van der Waals surface area contributed by atoms with Crippen molar-refractivity contribution in [2.75, 3.05) is 6.61 Å². The van der Waals surface area contributed by atoms with Gasteiger partial charge in [-0.25, -0.2) is 0 Å². The van der Waals surface area contributed by atoms with E-state index in [1.165, 1.54) is 86.5 Å². The minimum atomic E-state index is 0.620. The van der Waals surface area contributed by atoms with E-state index in [0.29, 0.717) is 13.2 Å². The number of ether oxygens (including phenoxy) is 1. The summed E-state index contributed by atoms with van der Waals surface area (Å²) in [6, 6.07) is 18.1. The Morgan fingerprint density at radius 3 is 2.03 bits per heavy atom. The maximum atomic E-state index is 5.52. The summed E-state index contributed by atoms with van der Waals surface area (Å²) in [6.45, 7) is 7.06. The van der Waals surface area contributed by atoms with Crippen molar-refractivity contribution >= 4 is 6.08 Å². The highest BCUT2D eigenvalue weighted by molar-refractivity contribution is 5.49. The summed E-state index contributed by atoms with van der Waals surface area (Å²) >= 11 is 0. The van der Waals surface area contributed by atoms with Crippen molar-refractivity contribution in [2.24, 2.45) is 11.8 Å². The van der Waals surface area contributed by atoms with Gasteiger partial charge in [-0.3, -0.25) is 0 Å². The summed E-state index contributed by atoms with van der Waals surface area (Å²) in [6.07, 6.45) is 19.8. The van der Waals surface area contributed by atoms with Crippen molar-refractivity contribution in [2.45, 2.75) is 77.7 Å². The molecule has 0 atom stereocenters. The monoisotopic (exact) mass is 430 g/mol. The number of hydrogen-bond donors (Lipinski definition) is 0. The first-order chi connectivity index (χ1) is 15.8. The van der Waals surface area contributed by atoms with Gasteiger partial charge in [0.25, 0.3) is 0 Å². The third-order valence-corrected chi connectivity index (χ3v) is 7.00. The molecule has 0 heterocycles. The second-order valence-electron chi connectivity index (χ2n) is 9.53. The summed E-state index contributed by atoms with van der Waals surface area (Å²) in [4.78, 5) is 0. The second kappa shape index (κ2) is 14.1. The Balaban J connectivity index is 1.26. The molecule has 0 saturated heterocycles. The van der Waals surface area contributed by atoms with Crippen molar-refractivity contribution in [3.05, 3.63) is 89.5 Å². The van der Waals surface area contributed by atoms with Crippen LogP contribution in [0.1, 0.15) is 80.5 Å². The molecular weight excluding hydrogens is 388 g/mol. The molecule has 0 bridgehead atoms. The van der Waals surface area contributed by atoms with Crippen LogP contribution in [0.4, 0.5) is 0 Å². The number of aryl methyl sites for hydroxylation is 2. The standard InChI is InChI=1S/C31H42O/c1-3-7-26-10-12-27(13-11-26)8-5-6-9-28-14-16-29(17-15-28)18-19-30-20-22-31(23-21-30)25-32-24-4-2/h3-4,7,10-13,20-23,28-29H,2,5-6,8-9,14-19,24-25H2,1H3/b7-3+. The van der Waals surface area contributed by atoms with Crippen LogP contribution < -0.4 is 0 Å². The van der Waals surface area contributed by atoms with Gasteiger partial charge >= 0.3 is 0 Å². The van der Waals surface area contributed by atoms with E-state index in [9.17, 15) is 0 Å². The molecule has 0 spiro atoms. The molecule has 0 aliphatic heterocycles. The van der Waals surface area contributed by atoms with Crippen LogP contribution in [0.25, 0.3) is 6.08 Å². The van der Waals surface area contributed by atoms with E-state index in [0.717, 1.165) is 11.8 Å². The predicted octanol–water partition coefficient (Wildman–Crippen LogP) is 8.57. The predicted molar refractivity (Wildman–Crippen MR) is 139 cm³/mol. The third kappa shape index (κ3) is 8.79. The molecule has 0 amide bonds. The second-order valence-corrected chi connectivity index (χ2v) is 9.53. The molecule has 0 unspecified atom stereocenters. The SMILES string of the molecule is C=CCOCc1ccc(CCC2CCC(CCCCc3ccc(/C=C/C)cc3)CC2)cc1. The van der Waals surface area contributed by atoms with Crippen LogP contribution in [0.15, 0.2) is 67.3 Å². The Morgan fingerprint density at radius 1 is 0.781 bits per heavy atom. The van der Waals surface area contributed by atoms with E-state index >= 15 is 0 Å². The Morgan fingerprint density at radius 2 is 1.38 bits per heavy atom. The van der Waals surface area contributed by atoms with E-state index in [1.54, 1.807) is 6.08 Å². The van der Waals surface area contributed by atoms with Crippen molar-refractivity contribution in [1.29, 1.82) is 0 Å². The van der Waals surface area contributed by atoms with E-state index in [2.05, 4.69) is 74.2 Å². The number of rotatable bonds is 13. The Hall–Kier alpha value is -2.12. The lowest BCUT2D eigenvalue weighted by molar-refractivity contribution is 0.149. The van der Waals surface area contributed by atoms with Crippen LogP contribution >= 0.6 is 0 Å². The first-order valence-electron chi connectivity index (χ1n) is 12.7. The molecule has 2 aromatic carbocycles. The van der Waals surface area contributed by atoms with Crippen molar-refractivity contribution < 1.29 is 4.74 Å². The molecule has 1 heteroatoms.